The molecule has 0 unspecified atom stereocenters. The minimum atomic E-state index is -0.533. The number of amides is 2. The van der Waals surface area contributed by atoms with Gasteiger partial charge in [0.15, 0.2) is 5.13 Å². The van der Waals surface area contributed by atoms with Crippen molar-refractivity contribution in [3.63, 3.8) is 0 Å². The second kappa shape index (κ2) is 7.53. The first-order valence-electron chi connectivity index (χ1n) is 8.54. The van der Waals surface area contributed by atoms with Gasteiger partial charge in [-0.1, -0.05) is 30.3 Å². The van der Waals surface area contributed by atoms with Gasteiger partial charge in [-0.05, 0) is 23.8 Å². The van der Waals surface area contributed by atoms with E-state index >= 15 is 0 Å². The summed E-state index contributed by atoms with van der Waals surface area (Å²) >= 11 is 1.32. The van der Waals surface area contributed by atoms with E-state index in [9.17, 15) is 9.59 Å². The summed E-state index contributed by atoms with van der Waals surface area (Å²) < 4.78 is 1.89. The quantitative estimate of drug-likeness (QED) is 0.469. The number of rotatable bonds is 6. The summed E-state index contributed by atoms with van der Waals surface area (Å²) in [6.45, 7) is 0.610. The van der Waals surface area contributed by atoms with Gasteiger partial charge in [-0.3, -0.25) is 14.9 Å². The molecule has 8 heteroatoms. The number of thiazole rings is 1. The van der Waals surface area contributed by atoms with Crippen molar-refractivity contribution in [1.82, 2.24) is 14.5 Å². The van der Waals surface area contributed by atoms with E-state index in [-0.39, 0.29) is 5.91 Å². The Bertz CT molecular complexity index is 1130. The molecule has 0 saturated carbocycles. The number of benzene rings is 1. The van der Waals surface area contributed by atoms with Crippen molar-refractivity contribution < 1.29 is 9.59 Å². The molecule has 28 heavy (non-hydrogen) atoms. The number of nitrogens with two attached hydrogens (primary N) is 1. The topological polar surface area (TPSA) is 106 Å². The number of nitrogens with zero attached hydrogens (tertiary/aromatic N) is 2. The van der Waals surface area contributed by atoms with Gasteiger partial charge >= 0.3 is 0 Å². The van der Waals surface area contributed by atoms with Crippen LogP contribution in [0.5, 0.6) is 0 Å². The molecule has 4 N–H and O–H groups in total. The molecule has 0 aliphatic carbocycles. The van der Waals surface area contributed by atoms with E-state index in [4.69, 9.17) is 5.73 Å². The summed E-state index contributed by atoms with van der Waals surface area (Å²) in [7, 11) is 0. The first-order chi connectivity index (χ1) is 13.6. The molecule has 4 aromatic rings. The number of carbonyl (C=O) groups is 2. The molecule has 0 fully saturated rings. The molecule has 3 heterocycles. The Labute approximate surface area is 164 Å². The molecule has 0 aliphatic rings. The van der Waals surface area contributed by atoms with E-state index in [1.165, 1.54) is 11.3 Å². The number of H-pyrrole nitrogens is 1. The number of aromatic nitrogens is 3. The highest BCUT2D eigenvalue weighted by Crippen LogP contribution is 2.26. The van der Waals surface area contributed by atoms with Crippen molar-refractivity contribution in [3.8, 4) is 11.3 Å². The Morgan fingerprint density at radius 1 is 1.18 bits per heavy atom. The fraction of sp³-hybridized carbons (Fsp3) is 0.0500. The molecule has 0 saturated heterocycles. The van der Waals surface area contributed by atoms with Crippen LogP contribution in [0.3, 0.4) is 0 Å². The molecule has 1 aromatic carbocycles. The van der Waals surface area contributed by atoms with Gasteiger partial charge in [-0.25, -0.2) is 4.98 Å². The Hall–Kier alpha value is -3.65. The normalized spacial score (nSPS) is 10.7. The first-order valence-corrected chi connectivity index (χ1v) is 9.42. The highest BCUT2D eigenvalue weighted by Gasteiger charge is 2.15. The fourth-order valence-electron chi connectivity index (χ4n) is 2.85. The van der Waals surface area contributed by atoms with Crippen LogP contribution in [0.15, 0.2) is 66.3 Å². The number of carbonyl (C=O) groups excluding carboxylic acids is 2. The number of anilines is 1. The van der Waals surface area contributed by atoms with E-state index in [1.54, 1.807) is 18.3 Å². The monoisotopic (exact) mass is 391 g/mol. The second-order valence-electron chi connectivity index (χ2n) is 6.17. The van der Waals surface area contributed by atoms with Crippen LogP contribution in [-0.4, -0.2) is 26.3 Å². The highest BCUT2D eigenvalue weighted by molar-refractivity contribution is 7.14. The van der Waals surface area contributed by atoms with Crippen molar-refractivity contribution in [3.05, 3.63) is 83.3 Å². The van der Waals surface area contributed by atoms with E-state index < -0.39 is 5.91 Å². The van der Waals surface area contributed by atoms with E-state index in [0.29, 0.717) is 28.8 Å². The third-order valence-corrected chi connectivity index (χ3v) is 4.98. The summed E-state index contributed by atoms with van der Waals surface area (Å²) in [5.74, 6) is -0.761. The maximum Gasteiger partial charge on any atom is 0.274 e. The summed E-state index contributed by atoms with van der Waals surface area (Å²) in [5, 5.41) is 5.13. The number of hydrogen-bond donors (Lipinski definition) is 3. The van der Waals surface area contributed by atoms with Crippen LogP contribution in [0.25, 0.3) is 11.3 Å². The molecule has 4 rings (SSSR count). The third-order valence-electron chi connectivity index (χ3n) is 4.23. The lowest BCUT2D eigenvalue weighted by molar-refractivity contribution is 0.0993. The van der Waals surface area contributed by atoms with Crippen LogP contribution < -0.4 is 11.1 Å². The summed E-state index contributed by atoms with van der Waals surface area (Å²) in [6, 6.07) is 15.2. The van der Waals surface area contributed by atoms with Gasteiger partial charge in [0.1, 0.15) is 11.4 Å². The molecule has 0 aliphatic heterocycles. The molecule has 0 atom stereocenters. The molecular weight excluding hydrogens is 374 g/mol. The lowest BCUT2D eigenvalue weighted by atomic mass is 10.2. The molecule has 0 bridgehead atoms. The van der Waals surface area contributed by atoms with Crippen molar-refractivity contribution >= 4 is 28.3 Å². The second-order valence-corrected chi connectivity index (χ2v) is 7.02. The zero-order valence-electron chi connectivity index (χ0n) is 14.8. The van der Waals surface area contributed by atoms with Crippen molar-refractivity contribution in [2.45, 2.75) is 6.54 Å². The van der Waals surface area contributed by atoms with Crippen LogP contribution in [0.1, 0.15) is 26.5 Å². The number of nitrogens with one attached hydrogen (secondary N) is 2. The van der Waals surface area contributed by atoms with Crippen LogP contribution in [-0.2, 0) is 6.54 Å². The Morgan fingerprint density at radius 3 is 2.75 bits per heavy atom. The predicted octanol–water partition coefficient (Wildman–Crippen LogP) is 3.34. The Balaban J connectivity index is 1.48. The lowest BCUT2D eigenvalue weighted by Crippen LogP contribution is -2.17. The minimum absolute atomic E-state index is 0.228. The van der Waals surface area contributed by atoms with Gasteiger partial charge in [-0.2, -0.15) is 0 Å². The van der Waals surface area contributed by atoms with Gasteiger partial charge in [0.05, 0.1) is 5.69 Å². The molecule has 0 radical (unpaired) electrons. The number of aromatic amines is 1. The molecule has 3 aromatic heterocycles. The van der Waals surface area contributed by atoms with Crippen molar-refractivity contribution in [2.75, 3.05) is 5.32 Å². The molecule has 0 spiro atoms. The summed E-state index contributed by atoms with van der Waals surface area (Å²) in [4.78, 5) is 31.1. The van der Waals surface area contributed by atoms with E-state index in [0.717, 1.165) is 11.1 Å². The van der Waals surface area contributed by atoms with Crippen molar-refractivity contribution in [1.29, 1.82) is 0 Å². The minimum Gasteiger partial charge on any atom is -0.364 e. The highest BCUT2D eigenvalue weighted by atomic mass is 32.1. The Morgan fingerprint density at radius 2 is 2.00 bits per heavy atom. The number of primary amides is 1. The van der Waals surface area contributed by atoms with Gasteiger partial charge < -0.3 is 15.3 Å². The molecular formula is C20H17N5O2S. The average molecular weight is 391 g/mol. The zero-order chi connectivity index (χ0) is 19.5. The molecule has 140 valence electrons. The SMILES string of the molecule is NC(=O)c1cc(-c2csc(NC(=O)c3cccn3Cc3ccccc3)n2)c[nH]1. The molecule has 2 amide bonds. The fourth-order valence-corrected chi connectivity index (χ4v) is 3.56. The lowest BCUT2D eigenvalue weighted by Gasteiger charge is -2.08. The van der Waals surface area contributed by atoms with E-state index in [2.05, 4.69) is 15.3 Å². The van der Waals surface area contributed by atoms with Crippen LogP contribution in [0, 0.1) is 0 Å². The first kappa shape index (κ1) is 17.7. The zero-order valence-corrected chi connectivity index (χ0v) is 15.6. The Kier molecular flexibility index (Phi) is 4.77. The third kappa shape index (κ3) is 3.72. The van der Waals surface area contributed by atoms with Gasteiger partial charge in [0.25, 0.3) is 11.8 Å². The van der Waals surface area contributed by atoms with Crippen LogP contribution >= 0.6 is 11.3 Å². The maximum absolute atomic E-state index is 12.7. The van der Waals surface area contributed by atoms with Gasteiger partial charge in [0, 0.05) is 29.9 Å². The smallest absolute Gasteiger partial charge is 0.274 e. The van der Waals surface area contributed by atoms with Crippen LogP contribution in [0.2, 0.25) is 0 Å². The van der Waals surface area contributed by atoms with Gasteiger partial charge in [-0.15, -0.1) is 11.3 Å². The largest absolute Gasteiger partial charge is 0.364 e. The van der Waals surface area contributed by atoms with Crippen molar-refractivity contribution in [2.24, 2.45) is 5.73 Å². The average Bonchev–Trinajstić information content (AvgIpc) is 3.43. The standard InChI is InChI=1S/C20H17N5O2S/c21-18(26)15-9-14(10-22-15)16-12-28-20(23-16)24-19(27)17-7-4-8-25(17)11-13-5-2-1-3-6-13/h1-10,12,22H,11H2,(H2,21,26)(H,23,24,27). The predicted molar refractivity (Wildman–Crippen MR) is 108 cm³/mol. The van der Waals surface area contributed by atoms with E-state index in [1.807, 2.05) is 52.5 Å². The van der Waals surface area contributed by atoms with Crippen LogP contribution in [0.4, 0.5) is 5.13 Å². The molecule has 7 nitrogen and oxygen atoms in total. The number of hydrogen-bond acceptors (Lipinski definition) is 4. The maximum atomic E-state index is 12.7. The summed E-state index contributed by atoms with van der Waals surface area (Å²) in [5.41, 5.74) is 8.62. The van der Waals surface area contributed by atoms with Gasteiger partial charge in [0.2, 0.25) is 0 Å². The summed E-state index contributed by atoms with van der Waals surface area (Å²) in [6.07, 6.45) is 3.53.